The van der Waals surface area contributed by atoms with Gasteiger partial charge in [0.05, 0.1) is 0 Å². The van der Waals surface area contributed by atoms with Crippen molar-refractivity contribution < 1.29 is 4.79 Å². The monoisotopic (exact) mass is 442 g/mol. The van der Waals surface area contributed by atoms with Gasteiger partial charge in [0, 0.05) is 30.8 Å². The Balaban J connectivity index is 1.78. The molecule has 0 aromatic carbocycles. The second-order valence-corrected chi connectivity index (χ2v) is 7.52. The Bertz CT molecular complexity index is 1110. The molecule has 13 heteroatoms. The second kappa shape index (κ2) is 10.1. The van der Waals surface area contributed by atoms with Crippen LogP contribution in [0.1, 0.15) is 32.1 Å². The van der Waals surface area contributed by atoms with Crippen LogP contribution in [0.25, 0.3) is 41.8 Å². The van der Waals surface area contributed by atoms with E-state index in [1.54, 1.807) is 36.5 Å². The van der Waals surface area contributed by atoms with Crippen LogP contribution >= 0.6 is 0 Å². The lowest BCUT2D eigenvalue weighted by Crippen LogP contribution is -2.20. The Kier molecular flexibility index (Phi) is 7.05. The minimum absolute atomic E-state index is 0.0614. The number of carbonyl (C=O) groups excluding carboxylic acids is 1. The molecule has 0 aliphatic heterocycles. The van der Waals surface area contributed by atoms with Crippen LogP contribution < -0.4 is 0 Å². The van der Waals surface area contributed by atoms with Gasteiger partial charge in [0.25, 0.3) is 0 Å². The molecule has 0 unspecified atom stereocenters. The van der Waals surface area contributed by atoms with E-state index in [2.05, 4.69) is 40.1 Å². The predicted molar refractivity (Wildman–Crippen MR) is 121 cm³/mol. The lowest BCUT2D eigenvalue weighted by atomic mass is 9.85. The SMILES string of the molecule is [N-]=[N+]=NC1(N=[N+]=[N-])C=CC(C=C2CCCC(=CC3=CCC(N=[N+]=[N-])(N=[N+]=[N-])C=C3)C2=O)=CC1. The first-order valence-electron chi connectivity index (χ1n) is 9.98. The van der Waals surface area contributed by atoms with Crippen molar-refractivity contribution in [3.05, 3.63) is 113 Å². The maximum Gasteiger partial charge on any atom is 0.185 e. The van der Waals surface area contributed by atoms with Crippen LogP contribution in [0, 0.1) is 0 Å². The molecule has 164 valence electrons. The molecule has 3 aliphatic rings. The molecule has 0 N–H and O–H groups in total. The predicted octanol–water partition coefficient (Wildman–Crippen LogP) is 7.00. The van der Waals surface area contributed by atoms with Crippen molar-refractivity contribution in [2.45, 2.75) is 43.4 Å². The fraction of sp³-hybridized carbons (Fsp3) is 0.350. The van der Waals surface area contributed by atoms with E-state index in [1.165, 1.54) is 12.2 Å². The largest absolute Gasteiger partial charge is 0.289 e. The molecule has 0 aromatic rings. The van der Waals surface area contributed by atoms with Crippen LogP contribution in [0.5, 0.6) is 0 Å². The number of carbonyl (C=O) groups is 1. The number of ketones is 1. The summed E-state index contributed by atoms with van der Waals surface area (Å²) in [6.45, 7) is 0. The molecule has 1 saturated carbocycles. The number of azide groups is 2. The van der Waals surface area contributed by atoms with Crippen molar-refractivity contribution in [1.82, 2.24) is 0 Å². The van der Waals surface area contributed by atoms with Crippen LogP contribution in [0.3, 0.4) is 0 Å². The average Bonchev–Trinajstić information content (AvgIpc) is 2.80. The van der Waals surface area contributed by atoms with Crippen molar-refractivity contribution in [1.29, 1.82) is 0 Å². The van der Waals surface area contributed by atoms with Crippen LogP contribution in [-0.4, -0.2) is 17.1 Å². The van der Waals surface area contributed by atoms with Gasteiger partial charge in [-0.15, -0.1) is 0 Å². The molecule has 0 amide bonds. The highest BCUT2D eigenvalue weighted by atomic mass is 16.1. The smallest absolute Gasteiger partial charge is 0.185 e. The first-order chi connectivity index (χ1) is 16.0. The number of allylic oxidation sites excluding steroid dienone is 8. The summed E-state index contributed by atoms with van der Waals surface area (Å²) in [6.07, 6.45) is 16.0. The van der Waals surface area contributed by atoms with E-state index in [-0.39, 0.29) is 18.6 Å². The molecule has 3 aliphatic carbocycles. The topological polar surface area (TPSA) is 212 Å². The Morgan fingerprint density at radius 1 is 0.727 bits per heavy atom. The minimum atomic E-state index is -1.31. The summed E-state index contributed by atoms with van der Waals surface area (Å²) in [5.74, 6) is -0.0614. The lowest BCUT2D eigenvalue weighted by molar-refractivity contribution is -0.113. The van der Waals surface area contributed by atoms with Gasteiger partial charge in [-0.25, -0.2) is 0 Å². The third kappa shape index (κ3) is 5.34. The second-order valence-electron chi connectivity index (χ2n) is 7.52. The number of hydrogen-bond donors (Lipinski definition) is 0. The third-order valence-corrected chi connectivity index (χ3v) is 5.39. The van der Waals surface area contributed by atoms with Crippen LogP contribution in [0.2, 0.25) is 0 Å². The van der Waals surface area contributed by atoms with Crippen molar-refractivity contribution in [3.8, 4) is 0 Å². The standard InChI is InChI=1S/C20H18N12O/c21-29-25-19(26-30-22)8-4-14(5-9-19)12-16-2-1-3-17(18(16)33)13-15-6-10-20(11-7-15,27-31-23)28-32-24/h4-8,10,12-13H,1-3,9,11H2. The average molecular weight is 442 g/mol. The Morgan fingerprint density at radius 3 is 1.42 bits per heavy atom. The molecule has 0 spiro atoms. The first-order valence-corrected chi connectivity index (χ1v) is 9.98. The van der Waals surface area contributed by atoms with Crippen LogP contribution in [0.15, 0.2) is 91.4 Å². The van der Waals surface area contributed by atoms with E-state index in [4.69, 9.17) is 22.1 Å². The van der Waals surface area contributed by atoms with Gasteiger partial charge >= 0.3 is 0 Å². The van der Waals surface area contributed by atoms with E-state index in [0.29, 0.717) is 24.0 Å². The lowest BCUT2D eigenvalue weighted by Gasteiger charge is -2.22. The van der Waals surface area contributed by atoms with Gasteiger partial charge in [-0.3, -0.25) is 4.79 Å². The van der Waals surface area contributed by atoms with Crippen LogP contribution in [0.4, 0.5) is 0 Å². The number of Topliss-reactive ketones (excluding diaryl/α,β-unsaturated/α-hetero) is 1. The van der Waals surface area contributed by atoms with E-state index in [1.807, 2.05) is 0 Å². The molecule has 0 bridgehead atoms. The summed E-state index contributed by atoms with van der Waals surface area (Å²) in [6, 6.07) is 0. The highest BCUT2D eigenvalue weighted by Gasteiger charge is 2.28. The third-order valence-electron chi connectivity index (χ3n) is 5.39. The molecular formula is C20H18N12O. The zero-order chi connectivity index (χ0) is 23.7. The first kappa shape index (κ1) is 23.0. The molecule has 0 aromatic heterocycles. The number of nitrogens with zero attached hydrogens (tertiary/aromatic N) is 12. The van der Waals surface area contributed by atoms with E-state index in [0.717, 1.165) is 17.6 Å². The fourth-order valence-corrected chi connectivity index (χ4v) is 3.71. The van der Waals surface area contributed by atoms with Gasteiger partial charge in [0.15, 0.2) is 5.78 Å². The quantitative estimate of drug-likeness (QED) is 0.180. The van der Waals surface area contributed by atoms with Crippen LogP contribution in [-0.2, 0) is 4.79 Å². The van der Waals surface area contributed by atoms with E-state index in [9.17, 15) is 4.79 Å². The summed E-state index contributed by atoms with van der Waals surface area (Å²) in [5.41, 5.74) is 35.1. The summed E-state index contributed by atoms with van der Waals surface area (Å²) in [4.78, 5) is 24.0. The van der Waals surface area contributed by atoms with Gasteiger partial charge < -0.3 is 0 Å². The summed E-state index contributed by atoms with van der Waals surface area (Å²) < 4.78 is 0. The molecule has 0 atom stereocenters. The normalized spacial score (nSPS) is 28.5. The highest BCUT2D eigenvalue weighted by molar-refractivity contribution is 6.09. The zero-order valence-electron chi connectivity index (χ0n) is 17.4. The molecule has 0 radical (unpaired) electrons. The summed E-state index contributed by atoms with van der Waals surface area (Å²) in [7, 11) is 0. The Morgan fingerprint density at radius 2 is 1.12 bits per heavy atom. The van der Waals surface area contributed by atoms with Gasteiger partial charge in [-0.1, -0.05) is 56.9 Å². The summed E-state index contributed by atoms with van der Waals surface area (Å²) >= 11 is 0. The van der Waals surface area contributed by atoms with Crippen molar-refractivity contribution in [2.24, 2.45) is 20.5 Å². The Labute approximate surface area is 187 Å². The molecule has 33 heavy (non-hydrogen) atoms. The number of hydrogen-bond acceptors (Lipinski definition) is 5. The van der Waals surface area contributed by atoms with Crippen molar-refractivity contribution >= 4 is 5.78 Å². The maximum absolute atomic E-state index is 13.0. The van der Waals surface area contributed by atoms with E-state index >= 15 is 0 Å². The fourth-order valence-electron chi connectivity index (χ4n) is 3.71. The molecule has 1 fully saturated rings. The Hall–Kier alpha value is -4.65. The van der Waals surface area contributed by atoms with E-state index < -0.39 is 11.3 Å². The van der Waals surface area contributed by atoms with Gasteiger partial charge in [-0.2, -0.15) is 0 Å². The maximum atomic E-state index is 13.0. The molecule has 3 rings (SSSR count). The van der Waals surface area contributed by atoms with Crippen molar-refractivity contribution in [3.63, 3.8) is 0 Å². The van der Waals surface area contributed by atoms with Gasteiger partial charge in [0.2, 0.25) is 0 Å². The van der Waals surface area contributed by atoms with Crippen molar-refractivity contribution in [2.75, 3.05) is 0 Å². The zero-order valence-corrected chi connectivity index (χ0v) is 17.4. The van der Waals surface area contributed by atoms with Gasteiger partial charge in [0.1, 0.15) is 11.3 Å². The summed E-state index contributed by atoms with van der Waals surface area (Å²) in [5, 5.41) is 14.3. The highest BCUT2D eigenvalue weighted by Crippen LogP contribution is 2.32. The van der Waals surface area contributed by atoms with Gasteiger partial charge in [-0.05, 0) is 77.5 Å². The molecule has 0 heterocycles. The molecule has 13 nitrogen and oxygen atoms in total. The number of rotatable bonds is 6. The molecular weight excluding hydrogens is 424 g/mol. The molecule has 0 saturated heterocycles. The minimum Gasteiger partial charge on any atom is -0.289 e.